The molecule has 2 aliphatic rings. The van der Waals surface area contributed by atoms with Gasteiger partial charge in [-0.1, -0.05) is 78.0 Å². The fourth-order valence-electron chi connectivity index (χ4n) is 2.88. The molecule has 4 rings (SSSR count). The van der Waals surface area contributed by atoms with Crippen molar-refractivity contribution < 1.29 is 0 Å². The standard InChI is InChI=1S/C17H15N.3C2H6.C2H2/c1-11-8-13-9-14(13)10-15(11)17-7-6-12-4-2-3-5-16(12)18-17;4*1-2/h2-8,10,13-14H,9H2,1H3;3*1-2H3;1-2H. The topological polar surface area (TPSA) is 12.9 Å². The number of benzene rings is 1. The third-order valence-electron chi connectivity index (χ3n) is 4.04. The van der Waals surface area contributed by atoms with E-state index in [1.807, 2.05) is 47.6 Å². The zero-order chi connectivity index (χ0) is 20.1. The van der Waals surface area contributed by atoms with Crippen molar-refractivity contribution in [2.24, 2.45) is 11.8 Å². The minimum absolute atomic E-state index is 0.775. The number of allylic oxidation sites excluding steroid dienone is 4. The van der Waals surface area contributed by atoms with Gasteiger partial charge in [0.05, 0.1) is 11.2 Å². The van der Waals surface area contributed by atoms with Crippen molar-refractivity contribution in [3.05, 3.63) is 59.8 Å². The molecule has 0 saturated heterocycles. The van der Waals surface area contributed by atoms with Crippen LogP contribution >= 0.6 is 0 Å². The fraction of sp³-hybridized carbons (Fsp3) is 0.400. The molecule has 1 saturated carbocycles. The molecule has 26 heavy (non-hydrogen) atoms. The average Bonchev–Trinajstić information content (AvgIpc) is 3.51. The average molecular weight is 350 g/mol. The number of pyridine rings is 1. The van der Waals surface area contributed by atoms with Crippen LogP contribution < -0.4 is 0 Å². The van der Waals surface area contributed by atoms with Gasteiger partial charge in [-0.25, -0.2) is 4.98 Å². The molecule has 1 heteroatoms. The third-order valence-corrected chi connectivity index (χ3v) is 4.04. The second-order valence-corrected chi connectivity index (χ2v) is 5.38. The number of terminal acetylenes is 1. The van der Waals surface area contributed by atoms with Crippen LogP contribution in [0, 0.1) is 24.7 Å². The van der Waals surface area contributed by atoms with Gasteiger partial charge in [0, 0.05) is 5.39 Å². The maximum Gasteiger partial charge on any atom is 0.0709 e. The minimum atomic E-state index is 0.775. The van der Waals surface area contributed by atoms with Gasteiger partial charge >= 0.3 is 0 Å². The van der Waals surface area contributed by atoms with Gasteiger partial charge in [0.25, 0.3) is 0 Å². The summed E-state index contributed by atoms with van der Waals surface area (Å²) in [6.45, 7) is 14.2. The second kappa shape index (κ2) is 13.0. The van der Waals surface area contributed by atoms with Crippen LogP contribution in [0.3, 0.4) is 0 Å². The normalized spacial score (nSPS) is 18.3. The Kier molecular flexibility index (Phi) is 11.8. The summed E-state index contributed by atoms with van der Waals surface area (Å²) >= 11 is 0. The quantitative estimate of drug-likeness (QED) is 0.484. The zero-order valence-corrected chi connectivity index (χ0v) is 17.6. The monoisotopic (exact) mass is 349 g/mol. The molecule has 1 aromatic heterocycles. The third kappa shape index (κ3) is 5.88. The number of nitrogens with zero attached hydrogens (tertiary/aromatic N) is 1. The predicted octanol–water partition coefficient (Wildman–Crippen LogP) is 7.54. The summed E-state index contributed by atoms with van der Waals surface area (Å²) in [5, 5.41) is 1.21. The van der Waals surface area contributed by atoms with Crippen LogP contribution in [0.2, 0.25) is 0 Å². The lowest BCUT2D eigenvalue weighted by Gasteiger charge is -2.12. The van der Waals surface area contributed by atoms with Crippen molar-refractivity contribution in [2.75, 3.05) is 0 Å². The molecule has 0 N–H and O–H groups in total. The molecule has 1 fully saturated rings. The first-order valence-corrected chi connectivity index (χ1v) is 9.91. The Balaban J connectivity index is 0.000000698. The first-order chi connectivity index (χ1) is 12.8. The Hall–Kier alpha value is -2.33. The summed E-state index contributed by atoms with van der Waals surface area (Å²) in [5.41, 5.74) is 4.92. The maximum atomic E-state index is 4.79. The summed E-state index contributed by atoms with van der Waals surface area (Å²) < 4.78 is 0. The molecule has 0 amide bonds. The van der Waals surface area contributed by atoms with Gasteiger partial charge in [-0.05, 0) is 48.5 Å². The van der Waals surface area contributed by atoms with E-state index >= 15 is 0 Å². The predicted molar refractivity (Wildman–Crippen MR) is 119 cm³/mol. The van der Waals surface area contributed by atoms with Crippen LogP contribution in [0.4, 0.5) is 0 Å². The molecule has 2 aliphatic carbocycles. The van der Waals surface area contributed by atoms with E-state index in [2.05, 4.69) is 62.3 Å². The summed E-state index contributed by atoms with van der Waals surface area (Å²) in [6.07, 6.45) is 14.2. The molecule has 0 radical (unpaired) electrons. The second-order valence-electron chi connectivity index (χ2n) is 5.38. The minimum Gasteiger partial charge on any atom is -0.248 e. The van der Waals surface area contributed by atoms with Gasteiger partial charge in [-0.3, -0.25) is 0 Å². The highest BCUT2D eigenvalue weighted by Gasteiger charge is 2.36. The number of fused-ring (bicyclic) bond motifs is 2. The molecule has 2 unspecified atom stereocenters. The Morgan fingerprint density at radius 1 is 0.808 bits per heavy atom. The van der Waals surface area contributed by atoms with E-state index in [0.717, 1.165) is 23.0 Å². The molecule has 140 valence electrons. The zero-order valence-electron chi connectivity index (χ0n) is 17.6. The molecule has 0 aliphatic heterocycles. The van der Waals surface area contributed by atoms with Crippen LogP contribution in [0.25, 0.3) is 16.5 Å². The van der Waals surface area contributed by atoms with Crippen molar-refractivity contribution in [3.8, 4) is 12.8 Å². The Morgan fingerprint density at radius 2 is 1.38 bits per heavy atom. The summed E-state index contributed by atoms with van der Waals surface area (Å²) in [5.74, 6) is 1.59. The fourth-order valence-corrected chi connectivity index (χ4v) is 2.88. The van der Waals surface area contributed by atoms with Crippen LogP contribution in [0.15, 0.2) is 54.1 Å². The van der Waals surface area contributed by atoms with Crippen molar-refractivity contribution in [2.45, 2.75) is 54.9 Å². The highest BCUT2D eigenvalue weighted by atomic mass is 14.7. The highest BCUT2D eigenvalue weighted by Crippen LogP contribution is 2.48. The Labute approximate surface area is 161 Å². The van der Waals surface area contributed by atoms with Crippen molar-refractivity contribution in [1.82, 2.24) is 4.98 Å². The number of hydrogen-bond acceptors (Lipinski definition) is 1. The SMILES string of the molecule is C#C.CC.CC.CC.CC1=CC2CC2C=C1c1ccc2ccccc2n1. The van der Waals surface area contributed by atoms with E-state index in [9.17, 15) is 0 Å². The number of hydrogen-bond donors (Lipinski definition) is 0. The van der Waals surface area contributed by atoms with Gasteiger partial charge in [0.15, 0.2) is 0 Å². The van der Waals surface area contributed by atoms with Crippen LogP contribution in [-0.2, 0) is 0 Å². The number of para-hydroxylation sites is 1. The van der Waals surface area contributed by atoms with E-state index in [1.165, 1.54) is 23.0 Å². The molecule has 2 atom stereocenters. The van der Waals surface area contributed by atoms with Crippen LogP contribution in [0.1, 0.15) is 60.6 Å². The lowest BCUT2D eigenvalue weighted by Crippen LogP contribution is -1.96. The molecule has 1 heterocycles. The van der Waals surface area contributed by atoms with E-state index < -0.39 is 0 Å². The molecule has 0 bridgehead atoms. The van der Waals surface area contributed by atoms with Crippen molar-refractivity contribution >= 4 is 16.5 Å². The van der Waals surface area contributed by atoms with Gasteiger partial charge < -0.3 is 0 Å². The smallest absolute Gasteiger partial charge is 0.0709 e. The lowest BCUT2D eigenvalue weighted by molar-refractivity contribution is 0.967. The van der Waals surface area contributed by atoms with Gasteiger partial charge in [0.2, 0.25) is 0 Å². The maximum absolute atomic E-state index is 4.79. The van der Waals surface area contributed by atoms with Gasteiger partial charge in [0.1, 0.15) is 0 Å². The molecule has 2 aromatic rings. The largest absolute Gasteiger partial charge is 0.248 e. The van der Waals surface area contributed by atoms with E-state index in [1.54, 1.807) is 0 Å². The van der Waals surface area contributed by atoms with E-state index in [-0.39, 0.29) is 0 Å². The molecule has 0 spiro atoms. The first kappa shape index (κ1) is 23.7. The van der Waals surface area contributed by atoms with Crippen LogP contribution in [-0.4, -0.2) is 4.98 Å². The number of aromatic nitrogens is 1. The Bertz CT molecular complexity index is 734. The summed E-state index contributed by atoms with van der Waals surface area (Å²) in [7, 11) is 0. The lowest BCUT2D eigenvalue weighted by atomic mass is 9.96. The first-order valence-electron chi connectivity index (χ1n) is 9.91. The van der Waals surface area contributed by atoms with Gasteiger partial charge in [-0.2, -0.15) is 0 Å². The Morgan fingerprint density at radius 3 is 2.04 bits per heavy atom. The summed E-state index contributed by atoms with van der Waals surface area (Å²) in [6, 6.07) is 12.6. The van der Waals surface area contributed by atoms with Crippen LogP contribution in [0.5, 0.6) is 0 Å². The molecule has 1 nitrogen and oxygen atoms in total. The van der Waals surface area contributed by atoms with Crippen molar-refractivity contribution in [3.63, 3.8) is 0 Å². The number of rotatable bonds is 1. The van der Waals surface area contributed by atoms with E-state index in [4.69, 9.17) is 4.98 Å². The highest BCUT2D eigenvalue weighted by molar-refractivity contribution is 5.84. The molecular formula is C25H35N. The van der Waals surface area contributed by atoms with Gasteiger partial charge in [-0.15, -0.1) is 12.8 Å². The van der Waals surface area contributed by atoms with Crippen molar-refractivity contribution in [1.29, 1.82) is 0 Å². The molecular weight excluding hydrogens is 314 g/mol. The summed E-state index contributed by atoms with van der Waals surface area (Å²) in [4.78, 5) is 4.79. The molecule has 1 aromatic carbocycles. The van der Waals surface area contributed by atoms with E-state index in [0.29, 0.717) is 0 Å².